The first-order chi connectivity index (χ1) is 17.2. The summed E-state index contributed by atoms with van der Waals surface area (Å²) in [6.07, 6.45) is 3.41. The fourth-order valence-corrected chi connectivity index (χ4v) is 4.52. The van der Waals surface area contributed by atoms with Crippen LogP contribution in [-0.2, 0) is 12.8 Å². The predicted molar refractivity (Wildman–Crippen MR) is 154 cm³/mol. The Balaban J connectivity index is 1.86. The van der Waals surface area contributed by atoms with E-state index in [1.165, 1.54) is 5.56 Å². The van der Waals surface area contributed by atoms with Gasteiger partial charge in [0.05, 0.1) is 11.9 Å². The molecule has 4 rings (SSSR count). The number of carbonyl (C=O) groups is 1. The van der Waals surface area contributed by atoms with Crippen LogP contribution in [-0.4, -0.2) is 22.4 Å². The van der Waals surface area contributed by atoms with Gasteiger partial charge in [-0.25, -0.2) is 4.98 Å². The van der Waals surface area contributed by atoms with Crippen molar-refractivity contribution >= 4 is 40.0 Å². The second kappa shape index (κ2) is 12.3. The molecule has 2 N–H and O–H groups in total. The number of fused-ring (bicyclic) bond motifs is 1. The van der Waals surface area contributed by atoms with E-state index in [2.05, 4.69) is 56.4 Å². The van der Waals surface area contributed by atoms with Crippen molar-refractivity contribution in [1.29, 1.82) is 0 Å². The molecule has 0 saturated heterocycles. The van der Waals surface area contributed by atoms with Gasteiger partial charge in [0.25, 0.3) is 5.91 Å². The Labute approximate surface area is 220 Å². The number of nitrogens with one attached hydrogen (secondary N) is 2. The lowest BCUT2D eigenvalue weighted by molar-refractivity contribution is 0.102. The molecule has 4 nitrogen and oxygen atoms in total. The van der Waals surface area contributed by atoms with Crippen molar-refractivity contribution < 1.29 is 4.79 Å². The largest absolute Gasteiger partial charge is 0.373 e. The predicted octanol–water partition coefficient (Wildman–Crippen LogP) is 7.17. The van der Waals surface area contributed by atoms with Gasteiger partial charge in [0.15, 0.2) is 0 Å². The van der Waals surface area contributed by atoms with Crippen molar-refractivity contribution in [3.05, 3.63) is 126 Å². The number of anilines is 2. The second-order valence-electron chi connectivity index (χ2n) is 8.04. The normalized spacial score (nSPS) is 10.8. The summed E-state index contributed by atoms with van der Waals surface area (Å²) in [4.78, 5) is 18.2. The summed E-state index contributed by atoms with van der Waals surface area (Å²) >= 11 is 2.38. The summed E-state index contributed by atoms with van der Waals surface area (Å²) in [5.41, 5.74) is 6.76. The van der Waals surface area contributed by atoms with Crippen LogP contribution in [0.3, 0.4) is 0 Å². The average molecular weight is 573 g/mol. The third-order valence-corrected chi connectivity index (χ3v) is 6.26. The van der Waals surface area contributed by atoms with Gasteiger partial charge in [0, 0.05) is 28.2 Å². The van der Waals surface area contributed by atoms with Crippen LogP contribution >= 0.6 is 22.6 Å². The molecule has 0 atom stereocenters. The standard InChI is InChI=1S/C30H28IN3O/c1-32-29-25(18-19-31)28(22-14-10-6-3-2-4-7-11-15-22)27(21-33-29)34-30(35)24-17-13-9-5-8-12-16-23-20-26(23)24/h2-17,21H,18-20H2,1H3,(H,32,33)(H,34,35). The Morgan fingerprint density at radius 1 is 0.886 bits per heavy atom. The molecule has 3 aromatic rings. The van der Waals surface area contributed by atoms with Gasteiger partial charge < -0.3 is 10.6 Å². The molecule has 0 radical (unpaired) electrons. The zero-order chi connectivity index (χ0) is 24.5. The van der Waals surface area contributed by atoms with Gasteiger partial charge in [-0.3, -0.25) is 4.79 Å². The molecular weight excluding hydrogens is 545 g/mol. The number of hydrogen-bond acceptors (Lipinski definition) is 3. The molecule has 0 unspecified atom stereocenters. The molecule has 1 heterocycles. The SMILES string of the molecule is CNc1ncc(NC(=O)c2cccccccc3c2C3)c(-c2ccccccccc2)c1CCI. The van der Waals surface area contributed by atoms with E-state index in [0.717, 1.165) is 45.3 Å². The Morgan fingerprint density at radius 3 is 2.11 bits per heavy atom. The molecule has 0 fully saturated rings. The highest BCUT2D eigenvalue weighted by Gasteiger charge is 2.24. The van der Waals surface area contributed by atoms with Gasteiger partial charge in [-0.05, 0) is 35.6 Å². The van der Waals surface area contributed by atoms with E-state index in [4.69, 9.17) is 0 Å². The summed E-state index contributed by atoms with van der Waals surface area (Å²) in [7, 11) is 1.88. The van der Waals surface area contributed by atoms with Crippen molar-refractivity contribution in [1.82, 2.24) is 4.98 Å². The van der Waals surface area contributed by atoms with Crippen molar-refractivity contribution in [2.24, 2.45) is 0 Å². The summed E-state index contributed by atoms with van der Waals surface area (Å²) in [6.45, 7) is 0. The van der Waals surface area contributed by atoms with E-state index in [-0.39, 0.29) is 5.91 Å². The Hall–Kier alpha value is -3.45. The topological polar surface area (TPSA) is 54.0 Å². The molecular formula is C30H28IN3O. The van der Waals surface area contributed by atoms with E-state index >= 15 is 0 Å². The van der Waals surface area contributed by atoms with Crippen molar-refractivity contribution in [3.8, 4) is 11.1 Å². The lowest BCUT2D eigenvalue weighted by Gasteiger charge is -2.18. The molecule has 2 aromatic carbocycles. The number of nitrogens with zero attached hydrogens (tertiary/aromatic N) is 1. The molecule has 0 spiro atoms. The van der Waals surface area contributed by atoms with Crippen LogP contribution in [0.2, 0.25) is 0 Å². The summed E-state index contributed by atoms with van der Waals surface area (Å²) in [5.74, 6) is 0.700. The van der Waals surface area contributed by atoms with Crippen LogP contribution in [0.25, 0.3) is 11.1 Å². The fraction of sp³-hybridized carbons (Fsp3) is 0.133. The van der Waals surface area contributed by atoms with Crippen molar-refractivity contribution in [2.45, 2.75) is 12.8 Å². The molecule has 1 aliphatic rings. The van der Waals surface area contributed by atoms with Crippen LogP contribution in [0, 0.1) is 0 Å². The minimum atomic E-state index is -0.124. The third kappa shape index (κ3) is 6.36. The minimum Gasteiger partial charge on any atom is -0.373 e. The number of hydrogen-bond donors (Lipinski definition) is 2. The highest BCUT2D eigenvalue weighted by atomic mass is 127. The summed E-state index contributed by atoms with van der Waals surface area (Å²) < 4.78 is 0.931. The number of carbonyl (C=O) groups excluding carboxylic acids is 1. The molecule has 5 heteroatoms. The van der Waals surface area contributed by atoms with E-state index in [0.29, 0.717) is 11.3 Å². The zero-order valence-corrected chi connectivity index (χ0v) is 21.8. The summed E-state index contributed by atoms with van der Waals surface area (Å²) in [5, 5.41) is 6.42. The van der Waals surface area contributed by atoms with Crippen LogP contribution in [0.15, 0.2) is 103 Å². The number of aromatic nitrogens is 1. The highest BCUT2D eigenvalue weighted by Crippen LogP contribution is 2.36. The van der Waals surface area contributed by atoms with Crippen LogP contribution in [0.5, 0.6) is 0 Å². The number of halogens is 1. The van der Waals surface area contributed by atoms with Crippen LogP contribution < -0.4 is 10.6 Å². The Kier molecular flexibility index (Phi) is 8.68. The molecule has 0 aliphatic heterocycles. The quantitative estimate of drug-likeness (QED) is 0.190. The first-order valence-electron chi connectivity index (χ1n) is 11.6. The molecule has 1 aliphatic carbocycles. The maximum absolute atomic E-state index is 13.5. The van der Waals surface area contributed by atoms with Crippen LogP contribution in [0.4, 0.5) is 11.5 Å². The second-order valence-corrected chi connectivity index (χ2v) is 9.12. The Bertz CT molecular complexity index is 1310. The average Bonchev–Trinajstić information content (AvgIpc) is 3.64. The molecule has 176 valence electrons. The Morgan fingerprint density at radius 2 is 1.49 bits per heavy atom. The number of rotatable bonds is 6. The van der Waals surface area contributed by atoms with Gasteiger partial charge in [-0.15, -0.1) is 0 Å². The van der Waals surface area contributed by atoms with E-state index in [1.54, 1.807) is 6.20 Å². The summed E-state index contributed by atoms with van der Waals surface area (Å²) in [6, 6.07) is 31.9. The molecule has 35 heavy (non-hydrogen) atoms. The van der Waals surface area contributed by atoms with Gasteiger partial charge in [-0.1, -0.05) is 114 Å². The zero-order valence-electron chi connectivity index (χ0n) is 19.7. The van der Waals surface area contributed by atoms with E-state index < -0.39 is 0 Å². The van der Waals surface area contributed by atoms with Gasteiger partial charge in [-0.2, -0.15) is 0 Å². The fourth-order valence-electron chi connectivity index (χ4n) is 3.98. The first kappa shape index (κ1) is 24.7. The van der Waals surface area contributed by atoms with Crippen molar-refractivity contribution in [2.75, 3.05) is 22.1 Å². The lowest BCUT2D eigenvalue weighted by Crippen LogP contribution is -2.14. The maximum atomic E-state index is 13.5. The molecule has 0 bridgehead atoms. The minimum absolute atomic E-state index is 0.124. The van der Waals surface area contributed by atoms with Gasteiger partial charge >= 0.3 is 0 Å². The molecule has 1 amide bonds. The van der Waals surface area contributed by atoms with Gasteiger partial charge in [0.1, 0.15) is 5.82 Å². The monoisotopic (exact) mass is 573 g/mol. The first-order valence-corrected chi connectivity index (χ1v) is 13.1. The third-order valence-electron chi connectivity index (χ3n) is 5.72. The van der Waals surface area contributed by atoms with Crippen molar-refractivity contribution in [3.63, 3.8) is 0 Å². The molecule has 1 aromatic heterocycles. The number of alkyl halides is 1. The number of pyridine rings is 1. The smallest absolute Gasteiger partial charge is 0.256 e. The molecule has 0 saturated carbocycles. The van der Waals surface area contributed by atoms with E-state index in [9.17, 15) is 4.79 Å². The highest BCUT2D eigenvalue weighted by molar-refractivity contribution is 14.1. The van der Waals surface area contributed by atoms with Gasteiger partial charge in [0.2, 0.25) is 0 Å². The lowest BCUT2D eigenvalue weighted by atomic mass is 9.97. The maximum Gasteiger partial charge on any atom is 0.256 e. The number of amides is 1. The van der Waals surface area contributed by atoms with Crippen LogP contribution in [0.1, 0.15) is 27.0 Å². The van der Waals surface area contributed by atoms with E-state index in [1.807, 2.05) is 85.9 Å².